The molecular weight excluding hydrogens is 440 g/mol. The van der Waals surface area contributed by atoms with Crippen LogP contribution in [0.5, 0.6) is 0 Å². The Balaban J connectivity index is 1.49. The monoisotopic (exact) mass is 468 g/mol. The molecule has 2 saturated heterocycles. The number of halogens is 1. The molecule has 1 aromatic carbocycles. The normalized spacial score (nSPS) is 29.3. The van der Waals surface area contributed by atoms with E-state index in [2.05, 4.69) is 20.8 Å². The second kappa shape index (κ2) is 8.44. The van der Waals surface area contributed by atoms with Crippen LogP contribution in [0.1, 0.15) is 51.4 Å². The Morgan fingerprint density at radius 1 is 1.00 bits per heavy atom. The van der Waals surface area contributed by atoms with Gasteiger partial charge in [0, 0.05) is 30.1 Å². The lowest BCUT2D eigenvalue weighted by Gasteiger charge is -2.46. The lowest BCUT2D eigenvalue weighted by Crippen LogP contribution is -2.54. The Hall–Kier alpha value is -0.920. The number of nitrogens with zero attached hydrogens (tertiary/aromatic N) is 2. The van der Waals surface area contributed by atoms with Crippen molar-refractivity contribution in [2.75, 3.05) is 19.6 Å². The summed E-state index contributed by atoms with van der Waals surface area (Å²) < 4.78 is 28.4. The zero-order chi connectivity index (χ0) is 19.7. The van der Waals surface area contributed by atoms with Gasteiger partial charge in [0.25, 0.3) is 0 Å². The molecule has 2 heterocycles. The number of hydrogen-bond donors (Lipinski definition) is 0. The first-order chi connectivity index (χ1) is 13.5. The number of likely N-dealkylation sites (tertiary alicyclic amines) is 1. The van der Waals surface area contributed by atoms with Crippen LogP contribution in [0.3, 0.4) is 0 Å². The van der Waals surface area contributed by atoms with Gasteiger partial charge < -0.3 is 4.90 Å². The second-order valence-electron chi connectivity index (χ2n) is 8.45. The fourth-order valence-electron chi connectivity index (χ4n) is 5.27. The van der Waals surface area contributed by atoms with Crippen LogP contribution in [0.25, 0.3) is 0 Å². The summed E-state index contributed by atoms with van der Waals surface area (Å²) in [5, 5.41) is 0. The van der Waals surface area contributed by atoms with Gasteiger partial charge in [0.1, 0.15) is 0 Å². The minimum Gasteiger partial charge on any atom is -0.339 e. The molecule has 5 nitrogen and oxygen atoms in total. The molecule has 28 heavy (non-hydrogen) atoms. The minimum absolute atomic E-state index is 0.186. The second-order valence-corrected chi connectivity index (χ2v) is 11.3. The summed E-state index contributed by atoms with van der Waals surface area (Å²) in [4.78, 5) is 15.8. The molecule has 0 bridgehead atoms. The molecule has 1 aliphatic carbocycles. The van der Waals surface area contributed by atoms with Gasteiger partial charge in [0.05, 0.1) is 10.8 Å². The Bertz CT molecular complexity index is 827. The molecule has 0 radical (unpaired) electrons. The first kappa shape index (κ1) is 20.4. The number of piperidine rings is 2. The standard InChI is InChI=1S/C21H29BrN2O3S/c22-18-9-3-10-19(14-18)28(26,27)23-12-4-8-17(15-23)21(25)24-13-5-7-16-6-1-2-11-20(16)24/h3,9-10,14,16-17,20H,1-2,4-8,11-13,15H2/t16?,17-,20?/m0/s1. The van der Waals surface area contributed by atoms with Crippen molar-refractivity contribution in [1.82, 2.24) is 9.21 Å². The van der Waals surface area contributed by atoms with Gasteiger partial charge in [-0.05, 0) is 62.6 Å². The number of hydrogen-bond acceptors (Lipinski definition) is 3. The molecular formula is C21H29BrN2O3S. The smallest absolute Gasteiger partial charge is 0.243 e. The van der Waals surface area contributed by atoms with Crippen molar-refractivity contribution in [3.8, 4) is 0 Å². The molecule has 3 atom stereocenters. The van der Waals surface area contributed by atoms with Gasteiger partial charge in [-0.15, -0.1) is 0 Å². The van der Waals surface area contributed by atoms with Gasteiger partial charge in [-0.1, -0.05) is 34.8 Å². The average molecular weight is 469 g/mol. The van der Waals surface area contributed by atoms with E-state index in [-0.39, 0.29) is 11.8 Å². The highest BCUT2D eigenvalue weighted by molar-refractivity contribution is 9.10. The zero-order valence-electron chi connectivity index (χ0n) is 16.2. The number of carbonyl (C=O) groups is 1. The fourth-order valence-corrected chi connectivity index (χ4v) is 7.39. The lowest BCUT2D eigenvalue weighted by atomic mass is 9.77. The van der Waals surface area contributed by atoms with Gasteiger partial charge in [-0.2, -0.15) is 4.31 Å². The first-order valence-electron chi connectivity index (χ1n) is 10.5. The van der Waals surface area contributed by atoms with E-state index in [0.29, 0.717) is 29.9 Å². The predicted molar refractivity (Wildman–Crippen MR) is 112 cm³/mol. The summed E-state index contributed by atoms with van der Waals surface area (Å²) in [6.45, 7) is 1.64. The van der Waals surface area contributed by atoms with Crippen molar-refractivity contribution in [2.24, 2.45) is 11.8 Å². The SMILES string of the molecule is O=C([C@H]1CCCN(S(=O)(=O)c2cccc(Br)c2)C1)N1CCCC2CCCCC21. The van der Waals surface area contributed by atoms with Gasteiger partial charge >= 0.3 is 0 Å². The van der Waals surface area contributed by atoms with Crippen molar-refractivity contribution in [3.63, 3.8) is 0 Å². The summed E-state index contributed by atoms with van der Waals surface area (Å²) in [6, 6.07) is 7.20. The largest absolute Gasteiger partial charge is 0.339 e. The number of benzene rings is 1. The van der Waals surface area contributed by atoms with E-state index in [1.807, 2.05) is 6.07 Å². The quantitative estimate of drug-likeness (QED) is 0.672. The van der Waals surface area contributed by atoms with E-state index in [0.717, 1.165) is 36.7 Å². The van der Waals surface area contributed by atoms with Crippen LogP contribution in [0.15, 0.2) is 33.6 Å². The first-order valence-corrected chi connectivity index (χ1v) is 12.8. The summed E-state index contributed by atoms with van der Waals surface area (Å²) >= 11 is 3.35. The van der Waals surface area contributed by atoms with E-state index < -0.39 is 10.0 Å². The summed E-state index contributed by atoms with van der Waals surface area (Å²) in [7, 11) is -3.57. The van der Waals surface area contributed by atoms with Crippen LogP contribution in [0.4, 0.5) is 0 Å². The Kier molecular flexibility index (Phi) is 6.14. The number of fused-ring (bicyclic) bond motifs is 1. The molecule has 3 aliphatic rings. The number of carbonyl (C=O) groups excluding carboxylic acids is 1. The third-order valence-corrected chi connectivity index (χ3v) is 9.05. The van der Waals surface area contributed by atoms with Crippen LogP contribution in [0.2, 0.25) is 0 Å². The fraction of sp³-hybridized carbons (Fsp3) is 0.667. The van der Waals surface area contributed by atoms with E-state index in [4.69, 9.17) is 0 Å². The molecule has 1 aromatic rings. The summed E-state index contributed by atoms with van der Waals surface area (Å²) in [5.74, 6) is 0.624. The molecule has 2 unspecified atom stereocenters. The van der Waals surface area contributed by atoms with E-state index in [9.17, 15) is 13.2 Å². The maximum absolute atomic E-state index is 13.4. The van der Waals surface area contributed by atoms with E-state index >= 15 is 0 Å². The third kappa shape index (κ3) is 4.03. The molecule has 0 spiro atoms. The van der Waals surface area contributed by atoms with Crippen LogP contribution in [-0.4, -0.2) is 49.2 Å². The molecule has 4 rings (SSSR count). The minimum atomic E-state index is -3.57. The van der Waals surface area contributed by atoms with Crippen LogP contribution in [-0.2, 0) is 14.8 Å². The summed E-state index contributed by atoms with van der Waals surface area (Å²) in [6.07, 6.45) is 8.70. The zero-order valence-corrected chi connectivity index (χ0v) is 18.6. The van der Waals surface area contributed by atoms with Gasteiger partial charge in [0.2, 0.25) is 15.9 Å². The molecule has 7 heteroatoms. The van der Waals surface area contributed by atoms with Crippen molar-refractivity contribution < 1.29 is 13.2 Å². The number of amides is 1. The Morgan fingerprint density at radius 2 is 1.75 bits per heavy atom. The third-order valence-electron chi connectivity index (χ3n) is 6.69. The molecule has 154 valence electrons. The van der Waals surface area contributed by atoms with E-state index in [1.165, 1.54) is 30.0 Å². The summed E-state index contributed by atoms with van der Waals surface area (Å²) in [5.41, 5.74) is 0. The maximum Gasteiger partial charge on any atom is 0.243 e. The van der Waals surface area contributed by atoms with Gasteiger partial charge in [0.15, 0.2) is 0 Å². The Labute approximate surface area is 176 Å². The molecule has 3 fully saturated rings. The van der Waals surface area contributed by atoms with Crippen molar-refractivity contribution in [1.29, 1.82) is 0 Å². The molecule has 0 N–H and O–H groups in total. The van der Waals surface area contributed by atoms with Crippen LogP contribution >= 0.6 is 15.9 Å². The molecule has 0 aromatic heterocycles. The van der Waals surface area contributed by atoms with E-state index in [1.54, 1.807) is 18.2 Å². The average Bonchev–Trinajstić information content (AvgIpc) is 2.73. The lowest BCUT2D eigenvalue weighted by molar-refractivity contribution is -0.143. The highest BCUT2D eigenvalue weighted by Crippen LogP contribution is 2.37. The van der Waals surface area contributed by atoms with Gasteiger partial charge in [-0.25, -0.2) is 8.42 Å². The molecule has 2 aliphatic heterocycles. The number of sulfonamides is 1. The van der Waals surface area contributed by atoms with Crippen LogP contribution in [0, 0.1) is 11.8 Å². The maximum atomic E-state index is 13.4. The van der Waals surface area contributed by atoms with Gasteiger partial charge in [-0.3, -0.25) is 4.79 Å². The molecule has 1 amide bonds. The predicted octanol–water partition coefficient (Wildman–Crippen LogP) is 4.03. The topological polar surface area (TPSA) is 57.7 Å². The number of rotatable bonds is 3. The highest BCUT2D eigenvalue weighted by atomic mass is 79.9. The Morgan fingerprint density at radius 3 is 2.57 bits per heavy atom. The van der Waals surface area contributed by atoms with Crippen molar-refractivity contribution >= 4 is 31.9 Å². The molecule has 1 saturated carbocycles. The van der Waals surface area contributed by atoms with Crippen LogP contribution < -0.4 is 0 Å². The highest BCUT2D eigenvalue weighted by Gasteiger charge is 2.40. The van der Waals surface area contributed by atoms with Crippen molar-refractivity contribution in [2.45, 2.75) is 62.3 Å². The van der Waals surface area contributed by atoms with Crippen molar-refractivity contribution in [3.05, 3.63) is 28.7 Å².